The molecule has 150 valence electrons. The minimum Gasteiger partial charge on any atom is -0.507 e. The van der Waals surface area contributed by atoms with Gasteiger partial charge in [0.1, 0.15) is 30.7 Å². The molecule has 7 nitrogen and oxygen atoms in total. The first-order valence-corrected chi connectivity index (χ1v) is 9.44. The first kappa shape index (κ1) is 19.4. The Hall–Kier alpha value is -3.97. The summed E-state index contributed by atoms with van der Waals surface area (Å²) in [6, 6.07) is 22.4. The lowest BCUT2D eigenvalue weighted by Crippen LogP contribution is -2.33. The van der Waals surface area contributed by atoms with Crippen LogP contribution in [-0.4, -0.2) is 27.6 Å². The number of hydrogen-bond acceptors (Lipinski definition) is 5. The van der Waals surface area contributed by atoms with E-state index < -0.39 is 0 Å². The van der Waals surface area contributed by atoms with Crippen molar-refractivity contribution in [2.75, 3.05) is 0 Å². The van der Waals surface area contributed by atoms with Crippen LogP contribution in [0, 0.1) is 0 Å². The Morgan fingerprint density at radius 1 is 1.10 bits per heavy atom. The van der Waals surface area contributed by atoms with Crippen LogP contribution in [0.3, 0.4) is 0 Å². The molecule has 0 spiro atoms. The zero-order valence-electron chi connectivity index (χ0n) is 16.2. The van der Waals surface area contributed by atoms with E-state index in [4.69, 9.17) is 10.6 Å². The molecule has 0 aliphatic carbocycles. The number of benzene rings is 3. The predicted molar refractivity (Wildman–Crippen MR) is 114 cm³/mol. The minimum atomic E-state index is -0.357. The summed E-state index contributed by atoms with van der Waals surface area (Å²) in [5.74, 6) is 6.10. The standard InChI is InChI=1S/C23H20N4O3/c24-26-23(29)13-22-25-19-8-4-5-9-20(19)27(22)14-17-12-18(10-11-21(17)28)30-15-16-6-2-1-3-7-16/h1-12,14H,13,15,24H2,(H,26,29)/p+1. The Morgan fingerprint density at radius 2 is 1.87 bits per heavy atom. The molecule has 0 bridgehead atoms. The number of phenolic OH excluding ortho intramolecular Hbond substituents is 1. The molecule has 0 radical (unpaired) electrons. The molecule has 0 unspecified atom stereocenters. The number of nitrogens with one attached hydrogen (secondary N) is 1. The molecule has 0 saturated carbocycles. The summed E-state index contributed by atoms with van der Waals surface area (Å²) in [4.78, 5) is 16.4. The van der Waals surface area contributed by atoms with E-state index in [1.165, 1.54) is 0 Å². The number of nitrogens with two attached hydrogens (primary N) is 1. The van der Waals surface area contributed by atoms with E-state index in [9.17, 15) is 9.90 Å². The van der Waals surface area contributed by atoms with Crippen LogP contribution >= 0.6 is 0 Å². The van der Waals surface area contributed by atoms with E-state index in [1.54, 1.807) is 29.0 Å². The summed E-state index contributed by atoms with van der Waals surface area (Å²) in [7, 11) is 0. The molecule has 4 N–H and O–H groups in total. The smallest absolute Gasteiger partial charge is 0.314 e. The van der Waals surface area contributed by atoms with Gasteiger partial charge in [-0.1, -0.05) is 42.5 Å². The number of carbonyl (C=O) groups excluding carboxylic acids is 1. The number of hydrazine groups is 1. The monoisotopic (exact) mass is 401 g/mol. The Morgan fingerprint density at radius 3 is 2.67 bits per heavy atom. The Kier molecular flexibility index (Phi) is 5.54. The van der Waals surface area contributed by atoms with Crippen molar-refractivity contribution >= 4 is 29.3 Å². The quantitative estimate of drug-likeness (QED) is 0.256. The lowest BCUT2D eigenvalue weighted by molar-refractivity contribution is -0.296. The van der Waals surface area contributed by atoms with Crippen LogP contribution in [0.2, 0.25) is 0 Å². The highest BCUT2D eigenvalue weighted by atomic mass is 16.5. The SMILES string of the molecule is NNC(=O)CC1=Nc2ccccc2[N+]1=Cc1cc(OCc2ccccc2)ccc1O. The average Bonchev–Trinajstić information content (AvgIpc) is 3.11. The van der Waals surface area contributed by atoms with Gasteiger partial charge < -0.3 is 9.84 Å². The molecule has 4 rings (SSSR count). The third kappa shape index (κ3) is 4.21. The van der Waals surface area contributed by atoms with Gasteiger partial charge in [-0.3, -0.25) is 10.2 Å². The van der Waals surface area contributed by atoms with Gasteiger partial charge in [-0.15, -0.1) is 0 Å². The van der Waals surface area contributed by atoms with Gasteiger partial charge in [0.25, 0.3) is 0 Å². The predicted octanol–water partition coefficient (Wildman–Crippen LogP) is 3.16. The number of rotatable bonds is 6. The molecule has 3 aromatic carbocycles. The third-order valence-corrected chi connectivity index (χ3v) is 4.66. The highest BCUT2D eigenvalue weighted by molar-refractivity contribution is 6.02. The van der Waals surface area contributed by atoms with Crippen molar-refractivity contribution in [2.45, 2.75) is 13.0 Å². The van der Waals surface area contributed by atoms with E-state index in [1.807, 2.05) is 54.6 Å². The summed E-state index contributed by atoms with van der Waals surface area (Å²) in [6.07, 6.45) is 1.74. The van der Waals surface area contributed by atoms with Crippen molar-refractivity contribution < 1.29 is 19.2 Å². The molecule has 1 amide bonds. The molecule has 0 aromatic heterocycles. The first-order chi connectivity index (χ1) is 14.6. The Labute approximate surface area is 173 Å². The van der Waals surface area contributed by atoms with E-state index >= 15 is 0 Å². The van der Waals surface area contributed by atoms with Crippen molar-refractivity contribution in [3.63, 3.8) is 0 Å². The fourth-order valence-electron chi connectivity index (χ4n) is 3.16. The van der Waals surface area contributed by atoms with Crippen LogP contribution in [0.25, 0.3) is 0 Å². The van der Waals surface area contributed by atoms with E-state index in [-0.39, 0.29) is 18.1 Å². The van der Waals surface area contributed by atoms with Crippen molar-refractivity contribution in [3.05, 3.63) is 83.9 Å². The van der Waals surface area contributed by atoms with Crippen LogP contribution in [0.1, 0.15) is 17.5 Å². The number of fused-ring (bicyclic) bond motifs is 1. The number of amidine groups is 1. The molecule has 1 aliphatic heterocycles. The van der Waals surface area contributed by atoms with Gasteiger partial charge in [0.05, 0.1) is 5.56 Å². The van der Waals surface area contributed by atoms with Crippen LogP contribution in [-0.2, 0) is 11.4 Å². The summed E-state index contributed by atoms with van der Waals surface area (Å²) in [5.41, 5.74) is 5.27. The number of aliphatic imine (C=N–C) groups is 1. The molecular weight excluding hydrogens is 380 g/mol. The second-order valence-corrected chi connectivity index (χ2v) is 6.76. The van der Waals surface area contributed by atoms with Crippen molar-refractivity contribution in [2.24, 2.45) is 10.8 Å². The number of hydrogen-bond donors (Lipinski definition) is 3. The van der Waals surface area contributed by atoms with Crippen molar-refractivity contribution in [1.29, 1.82) is 0 Å². The average molecular weight is 401 g/mol. The molecule has 0 atom stereocenters. The lowest BCUT2D eigenvalue weighted by atomic mass is 10.2. The van der Waals surface area contributed by atoms with E-state index in [0.29, 0.717) is 23.8 Å². The van der Waals surface area contributed by atoms with Gasteiger partial charge in [0.2, 0.25) is 11.6 Å². The topological polar surface area (TPSA) is 100.0 Å². The molecule has 0 fully saturated rings. The van der Waals surface area contributed by atoms with E-state index in [2.05, 4.69) is 10.4 Å². The normalized spacial score (nSPS) is 13.6. The molecule has 3 aromatic rings. The van der Waals surface area contributed by atoms with Crippen LogP contribution in [0.15, 0.2) is 77.8 Å². The molecule has 1 aliphatic rings. The number of ether oxygens (including phenoxy) is 1. The number of aromatic hydroxyl groups is 1. The Bertz CT molecular complexity index is 1140. The maximum Gasteiger partial charge on any atom is 0.314 e. The van der Waals surface area contributed by atoms with Gasteiger partial charge in [0, 0.05) is 0 Å². The number of amides is 1. The summed E-state index contributed by atoms with van der Waals surface area (Å²) in [6.45, 7) is 0.418. The number of para-hydroxylation sites is 2. The maximum atomic E-state index is 11.8. The van der Waals surface area contributed by atoms with Gasteiger partial charge in [-0.05, 0) is 40.9 Å². The summed E-state index contributed by atoms with van der Waals surface area (Å²) in [5, 5.41) is 10.4. The number of carbonyl (C=O) groups is 1. The number of phenols is 1. The fourth-order valence-corrected chi connectivity index (χ4v) is 3.16. The van der Waals surface area contributed by atoms with Gasteiger partial charge in [-0.25, -0.2) is 5.84 Å². The number of nitrogens with zero attached hydrogens (tertiary/aromatic N) is 2. The summed E-state index contributed by atoms with van der Waals surface area (Å²) < 4.78 is 7.65. The maximum absolute atomic E-state index is 11.8. The third-order valence-electron chi connectivity index (χ3n) is 4.66. The lowest BCUT2D eigenvalue weighted by Gasteiger charge is -2.08. The molecule has 0 saturated heterocycles. The Balaban J connectivity index is 1.65. The van der Waals surface area contributed by atoms with Gasteiger partial charge >= 0.3 is 5.84 Å². The zero-order valence-corrected chi connectivity index (χ0v) is 16.2. The fraction of sp³-hybridized carbons (Fsp3) is 0.0870. The van der Waals surface area contributed by atoms with Crippen LogP contribution in [0.5, 0.6) is 11.5 Å². The molecule has 30 heavy (non-hydrogen) atoms. The second kappa shape index (κ2) is 8.59. The zero-order chi connectivity index (χ0) is 20.9. The molecular formula is C23H21N4O3+. The molecule has 1 heterocycles. The first-order valence-electron chi connectivity index (χ1n) is 9.44. The van der Waals surface area contributed by atoms with E-state index in [0.717, 1.165) is 16.9 Å². The second-order valence-electron chi connectivity index (χ2n) is 6.76. The minimum absolute atomic E-state index is 0.00659. The highest BCUT2D eigenvalue weighted by Gasteiger charge is 2.31. The van der Waals surface area contributed by atoms with Crippen LogP contribution in [0.4, 0.5) is 11.4 Å². The van der Waals surface area contributed by atoms with Gasteiger partial charge in [0.15, 0.2) is 5.69 Å². The largest absolute Gasteiger partial charge is 0.507 e. The summed E-state index contributed by atoms with van der Waals surface area (Å²) >= 11 is 0. The van der Waals surface area contributed by atoms with Crippen molar-refractivity contribution in [1.82, 2.24) is 5.43 Å². The van der Waals surface area contributed by atoms with Crippen LogP contribution < -0.4 is 16.0 Å². The highest BCUT2D eigenvalue weighted by Crippen LogP contribution is 2.34. The van der Waals surface area contributed by atoms with Gasteiger partial charge in [-0.2, -0.15) is 4.58 Å². The van der Waals surface area contributed by atoms with Crippen molar-refractivity contribution in [3.8, 4) is 11.5 Å². The molecule has 7 heteroatoms.